The van der Waals surface area contributed by atoms with Crippen LogP contribution in [0.5, 0.6) is 0 Å². The number of benzene rings is 1. The number of aliphatic imine (C=N–C) groups is 1. The molecule has 1 amide bonds. The molecular formula is C22H35IN4O3. The Morgan fingerprint density at radius 1 is 1.13 bits per heavy atom. The van der Waals surface area contributed by atoms with Gasteiger partial charge >= 0.3 is 5.97 Å². The fourth-order valence-corrected chi connectivity index (χ4v) is 3.34. The number of carbonyl (C=O) groups excluding carboxylic acids is 2. The number of guanidine groups is 1. The number of ether oxygens (including phenoxy) is 1. The molecule has 8 heteroatoms. The summed E-state index contributed by atoms with van der Waals surface area (Å²) in [5.41, 5.74) is 1.25. The van der Waals surface area contributed by atoms with E-state index in [1.807, 2.05) is 25.1 Å². The second-order valence-corrected chi connectivity index (χ2v) is 7.56. The van der Waals surface area contributed by atoms with E-state index in [1.54, 1.807) is 14.1 Å². The van der Waals surface area contributed by atoms with Crippen molar-refractivity contribution in [3.63, 3.8) is 0 Å². The minimum atomic E-state index is -0.0857. The van der Waals surface area contributed by atoms with Crippen LogP contribution in [0.2, 0.25) is 0 Å². The fourth-order valence-electron chi connectivity index (χ4n) is 3.34. The summed E-state index contributed by atoms with van der Waals surface area (Å²) in [5.74, 6) is 0.517. The normalized spacial score (nSPS) is 18.7. The van der Waals surface area contributed by atoms with Gasteiger partial charge in [0.05, 0.1) is 12.5 Å². The van der Waals surface area contributed by atoms with E-state index >= 15 is 0 Å². The maximum atomic E-state index is 11.9. The number of esters is 1. The van der Waals surface area contributed by atoms with Crippen LogP contribution in [-0.2, 0) is 20.7 Å². The standard InChI is InChI=1S/C22H34N4O3.HI/c1-4-29-21(28)18-10-12-19(13-11-18)25-22(24-16-20(27)26(2)3)23-15-14-17-8-6-5-7-9-17;/h5-9,18-19H,4,10-16H2,1-3H3,(H2,23,24,25);1H. The van der Waals surface area contributed by atoms with Gasteiger partial charge in [-0.25, -0.2) is 4.99 Å². The van der Waals surface area contributed by atoms with Crippen LogP contribution in [0.15, 0.2) is 35.3 Å². The van der Waals surface area contributed by atoms with Crippen LogP contribution in [0, 0.1) is 5.92 Å². The van der Waals surface area contributed by atoms with Gasteiger partial charge in [-0.2, -0.15) is 0 Å². The van der Waals surface area contributed by atoms with Gasteiger partial charge < -0.3 is 20.3 Å². The highest BCUT2D eigenvalue weighted by molar-refractivity contribution is 14.0. The lowest BCUT2D eigenvalue weighted by molar-refractivity contribution is -0.149. The quantitative estimate of drug-likeness (QED) is 0.234. The van der Waals surface area contributed by atoms with Gasteiger partial charge in [0, 0.05) is 26.7 Å². The van der Waals surface area contributed by atoms with Crippen molar-refractivity contribution >= 4 is 41.8 Å². The molecule has 1 aromatic rings. The van der Waals surface area contributed by atoms with Crippen molar-refractivity contribution in [1.82, 2.24) is 15.5 Å². The second kappa shape index (κ2) is 14.2. The number of carbonyl (C=O) groups is 2. The third-order valence-electron chi connectivity index (χ3n) is 5.11. The Hall–Kier alpha value is -1.84. The van der Waals surface area contributed by atoms with Crippen molar-refractivity contribution in [2.24, 2.45) is 10.9 Å². The van der Waals surface area contributed by atoms with Gasteiger partial charge in [-0.1, -0.05) is 30.3 Å². The van der Waals surface area contributed by atoms with Crippen molar-refractivity contribution in [3.05, 3.63) is 35.9 Å². The molecule has 0 unspecified atom stereocenters. The summed E-state index contributed by atoms with van der Waals surface area (Å²) in [6.45, 7) is 3.10. The van der Waals surface area contributed by atoms with Gasteiger partial charge in [0.15, 0.2) is 5.96 Å². The predicted octanol–water partition coefficient (Wildman–Crippen LogP) is 2.59. The third-order valence-corrected chi connectivity index (χ3v) is 5.11. The highest BCUT2D eigenvalue weighted by atomic mass is 127. The highest BCUT2D eigenvalue weighted by Gasteiger charge is 2.27. The molecule has 0 saturated heterocycles. The van der Waals surface area contributed by atoms with E-state index in [9.17, 15) is 9.59 Å². The maximum Gasteiger partial charge on any atom is 0.308 e. The summed E-state index contributed by atoms with van der Waals surface area (Å²) in [6, 6.07) is 10.5. The summed E-state index contributed by atoms with van der Waals surface area (Å²) in [5, 5.41) is 6.78. The number of rotatable bonds is 8. The van der Waals surface area contributed by atoms with Gasteiger partial charge in [-0.15, -0.1) is 24.0 Å². The number of nitrogens with one attached hydrogen (secondary N) is 2. The molecule has 7 nitrogen and oxygen atoms in total. The van der Waals surface area contributed by atoms with Crippen molar-refractivity contribution in [2.45, 2.75) is 45.1 Å². The third kappa shape index (κ3) is 9.32. The molecule has 1 fully saturated rings. The molecule has 0 spiro atoms. The van der Waals surface area contributed by atoms with Crippen LogP contribution >= 0.6 is 24.0 Å². The molecule has 0 aromatic heterocycles. The zero-order valence-corrected chi connectivity index (χ0v) is 20.6. The maximum absolute atomic E-state index is 11.9. The molecule has 0 bridgehead atoms. The number of halogens is 1. The summed E-state index contributed by atoms with van der Waals surface area (Å²) in [7, 11) is 3.45. The molecule has 0 radical (unpaired) electrons. The molecule has 2 N–H and O–H groups in total. The zero-order valence-electron chi connectivity index (χ0n) is 18.2. The smallest absolute Gasteiger partial charge is 0.308 e. The number of nitrogens with zero attached hydrogens (tertiary/aromatic N) is 2. The Balaban J connectivity index is 0.00000450. The van der Waals surface area contributed by atoms with Gasteiger partial charge in [-0.3, -0.25) is 9.59 Å². The van der Waals surface area contributed by atoms with Crippen LogP contribution in [-0.4, -0.2) is 62.6 Å². The predicted molar refractivity (Wildman–Crippen MR) is 130 cm³/mol. The first-order valence-electron chi connectivity index (χ1n) is 10.4. The molecule has 1 saturated carbocycles. The van der Waals surface area contributed by atoms with Gasteiger partial charge in [0.25, 0.3) is 0 Å². The zero-order chi connectivity index (χ0) is 21.1. The van der Waals surface area contributed by atoms with Crippen LogP contribution in [0.25, 0.3) is 0 Å². The van der Waals surface area contributed by atoms with Gasteiger partial charge in [0.1, 0.15) is 6.54 Å². The molecule has 1 aliphatic rings. The second-order valence-electron chi connectivity index (χ2n) is 7.56. The Labute approximate surface area is 197 Å². The summed E-state index contributed by atoms with van der Waals surface area (Å²) in [6.07, 6.45) is 4.25. The highest BCUT2D eigenvalue weighted by Crippen LogP contribution is 2.25. The number of amides is 1. The molecule has 0 aliphatic heterocycles. The first kappa shape index (κ1) is 26.2. The van der Waals surface area contributed by atoms with Crippen LogP contribution < -0.4 is 10.6 Å². The molecule has 0 heterocycles. The lowest BCUT2D eigenvalue weighted by atomic mass is 9.86. The largest absolute Gasteiger partial charge is 0.466 e. The minimum Gasteiger partial charge on any atom is -0.466 e. The van der Waals surface area contributed by atoms with Crippen molar-refractivity contribution < 1.29 is 14.3 Å². The Bertz CT molecular complexity index is 674. The van der Waals surface area contributed by atoms with Gasteiger partial charge in [0.2, 0.25) is 5.91 Å². The molecular weight excluding hydrogens is 495 g/mol. The van der Waals surface area contributed by atoms with Gasteiger partial charge in [-0.05, 0) is 44.6 Å². The summed E-state index contributed by atoms with van der Waals surface area (Å²) < 4.78 is 5.14. The van der Waals surface area contributed by atoms with Crippen LogP contribution in [0.1, 0.15) is 38.2 Å². The Morgan fingerprint density at radius 2 is 1.80 bits per heavy atom. The molecule has 1 aromatic carbocycles. The first-order valence-corrected chi connectivity index (χ1v) is 10.4. The number of hydrogen-bond donors (Lipinski definition) is 2. The Kier molecular flexibility index (Phi) is 12.4. The monoisotopic (exact) mass is 530 g/mol. The van der Waals surface area contributed by atoms with Crippen LogP contribution in [0.4, 0.5) is 0 Å². The van der Waals surface area contributed by atoms with E-state index in [2.05, 4.69) is 27.8 Å². The Morgan fingerprint density at radius 3 is 2.40 bits per heavy atom. The summed E-state index contributed by atoms with van der Waals surface area (Å²) in [4.78, 5) is 29.9. The van der Waals surface area contributed by atoms with E-state index in [1.165, 1.54) is 10.5 Å². The van der Waals surface area contributed by atoms with Crippen LogP contribution in [0.3, 0.4) is 0 Å². The van der Waals surface area contributed by atoms with Crippen molar-refractivity contribution in [3.8, 4) is 0 Å². The SMILES string of the molecule is CCOC(=O)C1CCC(NC(=NCC(=O)N(C)C)NCCc2ccccc2)CC1.I. The lowest BCUT2D eigenvalue weighted by Crippen LogP contribution is -2.46. The van der Waals surface area contributed by atoms with Crippen molar-refractivity contribution in [2.75, 3.05) is 33.8 Å². The molecule has 30 heavy (non-hydrogen) atoms. The van der Waals surface area contributed by atoms with E-state index in [0.717, 1.165) is 38.6 Å². The topological polar surface area (TPSA) is 83.0 Å². The lowest BCUT2D eigenvalue weighted by Gasteiger charge is -2.29. The van der Waals surface area contributed by atoms with E-state index < -0.39 is 0 Å². The first-order chi connectivity index (χ1) is 14.0. The van der Waals surface area contributed by atoms with E-state index in [-0.39, 0.29) is 54.4 Å². The molecule has 1 aliphatic carbocycles. The number of hydrogen-bond acceptors (Lipinski definition) is 4. The van der Waals surface area contributed by atoms with E-state index in [0.29, 0.717) is 12.6 Å². The minimum absolute atomic E-state index is 0. The molecule has 168 valence electrons. The average molecular weight is 530 g/mol. The fraction of sp³-hybridized carbons (Fsp3) is 0.591. The van der Waals surface area contributed by atoms with Crippen molar-refractivity contribution in [1.29, 1.82) is 0 Å². The molecule has 0 atom stereocenters. The van der Waals surface area contributed by atoms with E-state index in [4.69, 9.17) is 4.74 Å². The average Bonchev–Trinajstić information content (AvgIpc) is 2.73. The number of likely N-dealkylation sites (N-methyl/N-ethyl adjacent to an activating group) is 1. The summed E-state index contributed by atoms with van der Waals surface area (Å²) >= 11 is 0. The molecule has 2 rings (SSSR count).